The molecule has 0 unspecified atom stereocenters. The van der Waals surface area contributed by atoms with Crippen molar-refractivity contribution in [3.63, 3.8) is 0 Å². The van der Waals surface area contributed by atoms with E-state index in [1.165, 1.54) is 31.2 Å². The van der Waals surface area contributed by atoms with E-state index in [0.29, 0.717) is 11.2 Å². The van der Waals surface area contributed by atoms with Gasteiger partial charge in [-0.15, -0.1) is 0 Å². The van der Waals surface area contributed by atoms with E-state index in [-0.39, 0.29) is 5.41 Å². The smallest absolute Gasteiger partial charge is 0.309 e. The monoisotopic (exact) mass is 402 g/mol. The molecule has 0 radical (unpaired) electrons. The molecule has 0 spiro atoms. The number of aryl methyl sites for hydroxylation is 1. The maximum atomic E-state index is 11.2. The molecular weight excluding hydrogens is 360 g/mol. The highest BCUT2D eigenvalue weighted by atomic mass is 16.4. The molecule has 0 bridgehead atoms. The maximum Gasteiger partial charge on any atom is 0.309 e. The molecule has 1 aromatic rings. The summed E-state index contributed by atoms with van der Waals surface area (Å²) in [5.41, 5.74) is 2.50. The minimum atomic E-state index is -0.597. The first-order valence-corrected chi connectivity index (χ1v) is 11.8. The van der Waals surface area contributed by atoms with E-state index in [1.54, 1.807) is 0 Å². The molecule has 3 heteroatoms. The molecule has 1 saturated carbocycles. The van der Waals surface area contributed by atoms with Gasteiger partial charge in [0.2, 0.25) is 0 Å². The van der Waals surface area contributed by atoms with Gasteiger partial charge in [0.15, 0.2) is 0 Å². The number of unbranched alkanes of at least 4 members (excludes halogenated alkanes) is 6. The molecule has 1 fully saturated rings. The van der Waals surface area contributed by atoms with Crippen molar-refractivity contribution in [2.45, 2.75) is 111 Å². The molecule has 0 atom stereocenters. The lowest BCUT2D eigenvalue weighted by Crippen LogP contribution is -2.14. The van der Waals surface area contributed by atoms with Crippen LogP contribution in [0.4, 0.5) is 0 Å². The van der Waals surface area contributed by atoms with Crippen molar-refractivity contribution < 1.29 is 15.0 Å². The minimum Gasteiger partial charge on any atom is -0.508 e. The number of carbonyl (C=O) groups is 1. The molecule has 0 heterocycles. The Bertz CT molecular complexity index is 638. The summed E-state index contributed by atoms with van der Waals surface area (Å²) in [4.78, 5) is 11.2. The predicted octanol–water partition coefficient (Wildman–Crippen LogP) is 7.29. The number of hydrogen-bond acceptors (Lipinski definition) is 2. The van der Waals surface area contributed by atoms with Gasteiger partial charge in [-0.2, -0.15) is 0 Å². The average Bonchev–Trinajstić information content (AvgIpc) is 3.43. The van der Waals surface area contributed by atoms with Crippen molar-refractivity contribution in [3.8, 4) is 5.75 Å². The van der Waals surface area contributed by atoms with E-state index < -0.39 is 5.97 Å². The van der Waals surface area contributed by atoms with Gasteiger partial charge >= 0.3 is 5.97 Å². The van der Waals surface area contributed by atoms with Crippen LogP contribution in [0.15, 0.2) is 18.2 Å². The first-order valence-electron chi connectivity index (χ1n) is 11.8. The van der Waals surface area contributed by atoms with Crippen LogP contribution in [-0.4, -0.2) is 16.2 Å². The van der Waals surface area contributed by atoms with Gasteiger partial charge in [-0.3, -0.25) is 4.79 Å². The highest BCUT2D eigenvalue weighted by molar-refractivity contribution is 5.77. The number of hydrogen-bond donors (Lipinski definition) is 2. The zero-order valence-corrected chi connectivity index (χ0v) is 18.9. The third-order valence-electron chi connectivity index (χ3n) is 6.51. The standard InChI is InChI=1S/C26H42O3/c1-25(2,3)17-10-6-5-9-15-22-21(14-12-16-23(22)27)13-8-4-7-11-18-26(19-20-26)24(28)29/h12,14,16,27H,4-11,13,15,17-20H2,1-3H3,(H,28,29). The van der Waals surface area contributed by atoms with Crippen LogP contribution < -0.4 is 0 Å². The van der Waals surface area contributed by atoms with E-state index in [9.17, 15) is 15.0 Å². The molecule has 164 valence electrons. The molecule has 1 aromatic carbocycles. The highest BCUT2D eigenvalue weighted by Gasteiger charge is 2.49. The highest BCUT2D eigenvalue weighted by Crippen LogP contribution is 2.50. The fourth-order valence-corrected chi connectivity index (χ4v) is 4.31. The first-order chi connectivity index (χ1) is 13.7. The SMILES string of the molecule is CC(C)(C)CCCCCCc1c(O)cccc1CCCCCCC1(C(=O)O)CC1. The van der Waals surface area contributed by atoms with Crippen molar-refractivity contribution in [3.05, 3.63) is 29.3 Å². The number of aliphatic carboxylic acids is 1. The Morgan fingerprint density at radius 3 is 2.17 bits per heavy atom. The predicted molar refractivity (Wildman–Crippen MR) is 120 cm³/mol. The minimum absolute atomic E-state index is 0.370. The summed E-state index contributed by atoms with van der Waals surface area (Å²) in [5.74, 6) is -0.144. The number of aromatic hydroxyl groups is 1. The molecule has 0 amide bonds. The van der Waals surface area contributed by atoms with Gasteiger partial charge in [-0.25, -0.2) is 0 Å². The van der Waals surface area contributed by atoms with Gasteiger partial charge in [-0.1, -0.05) is 71.4 Å². The number of rotatable bonds is 14. The van der Waals surface area contributed by atoms with Gasteiger partial charge in [0.05, 0.1) is 5.41 Å². The summed E-state index contributed by atoms with van der Waals surface area (Å²) < 4.78 is 0. The van der Waals surface area contributed by atoms with Gasteiger partial charge in [0, 0.05) is 0 Å². The third-order valence-corrected chi connectivity index (χ3v) is 6.51. The van der Waals surface area contributed by atoms with Gasteiger partial charge in [-0.05, 0) is 74.0 Å². The Morgan fingerprint density at radius 1 is 0.931 bits per heavy atom. The lowest BCUT2D eigenvalue weighted by atomic mass is 9.89. The third kappa shape index (κ3) is 8.40. The van der Waals surface area contributed by atoms with Gasteiger partial charge < -0.3 is 10.2 Å². The molecule has 1 aliphatic carbocycles. The summed E-state index contributed by atoms with van der Waals surface area (Å²) in [7, 11) is 0. The number of phenols is 1. The average molecular weight is 403 g/mol. The Balaban J connectivity index is 1.66. The summed E-state index contributed by atoms with van der Waals surface area (Å²) in [6.45, 7) is 6.91. The van der Waals surface area contributed by atoms with Crippen LogP contribution >= 0.6 is 0 Å². The Kier molecular flexibility index (Phi) is 9.04. The zero-order valence-electron chi connectivity index (χ0n) is 18.9. The zero-order chi connectivity index (χ0) is 21.3. The summed E-state index contributed by atoms with van der Waals surface area (Å²) >= 11 is 0. The second kappa shape index (κ2) is 11.0. The van der Waals surface area contributed by atoms with E-state index >= 15 is 0 Å². The van der Waals surface area contributed by atoms with Crippen molar-refractivity contribution >= 4 is 5.97 Å². The van der Waals surface area contributed by atoms with Crippen molar-refractivity contribution in [2.24, 2.45) is 10.8 Å². The van der Waals surface area contributed by atoms with Crippen LogP contribution in [0.1, 0.15) is 109 Å². The van der Waals surface area contributed by atoms with E-state index in [4.69, 9.17) is 0 Å². The van der Waals surface area contributed by atoms with Crippen LogP contribution in [-0.2, 0) is 17.6 Å². The van der Waals surface area contributed by atoms with Crippen LogP contribution in [0, 0.1) is 10.8 Å². The number of carboxylic acids is 1. The van der Waals surface area contributed by atoms with Crippen LogP contribution in [0.5, 0.6) is 5.75 Å². The second-order valence-electron chi connectivity index (χ2n) is 10.4. The number of carboxylic acid groups (broad SMARTS) is 1. The van der Waals surface area contributed by atoms with Gasteiger partial charge in [0.25, 0.3) is 0 Å². The number of benzene rings is 1. The van der Waals surface area contributed by atoms with Crippen molar-refractivity contribution in [1.82, 2.24) is 0 Å². The lowest BCUT2D eigenvalue weighted by molar-refractivity contribution is -0.143. The summed E-state index contributed by atoms with van der Waals surface area (Å²) in [6, 6.07) is 5.94. The molecule has 29 heavy (non-hydrogen) atoms. The molecule has 2 N–H and O–H groups in total. The summed E-state index contributed by atoms with van der Waals surface area (Å²) in [5, 5.41) is 19.6. The normalized spacial score (nSPS) is 15.4. The molecular formula is C26H42O3. The lowest BCUT2D eigenvalue weighted by Gasteiger charge is -2.17. The first kappa shape index (κ1) is 23.8. The molecule has 0 aliphatic heterocycles. The Labute approximate surface area is 177 Å². The van der Waals surface area contributed by atoms with Crippen molar-refractivity contribution in [1.29, 1.82) is 0 Å². The fraction of sp³-hybridized carbons (Fsp3) is 0.731. The van der Waals surface area contributed by atoms with Crippen LogP contribution in [0.25, 0.3) is 0 Å². The largest absolute Gasteiger partial charge is 0.508 e. The second-order valence-corrected chi connectivity index (χ2v) is 10.4. The topological polar surface area (TPSA) is 57.5 Å². The maximum absolute atomic E-state index is 11.2. The summed E-state index contributed by atoms with van der Waals surface area (Å²) in [6.07, 6.45) is 15.2. The molecule has 3 nitrogen and oxygen atoms in total. The van der Waals surface area contributed by atoms with Crippen LogP contribution in [0.2, 0.25) is 0 Å². The van der Waals surface area contributed by atoms with Crippen LogP contribution in [0.3, 0.4) is 0 Å². The quantitative estimate of drug-likeness (QED) is 0.321. The molecule has 1 aliphatic rings. The van der Waals surface area contributed by atoms with E-state index in [2.05, 4.69) is 26.8 Å². The number of phenolic OH excluding ortho intramolecular Hbond substituents is 1. The van der Waals surface area contributed by atoms with E-state index in [0.717, 1.165) is 69.8 Å². The van der Waals surface area contributed by atoms with Gasteiger partial charge in [0.1, 0.15) is 5.75 Å². The molecule has 0 saturated heterocycles. The van der Waals surface area contributed by atoms with E-state index in [1.807, 2.05) is 12.1 Å². The molecule has 0 aromatic heterocycles. The fourth-order valence-electron chi connectivity index (χ4n) is 4.31. The van der Waals surface area contributed by atoms with Crippen molar-refractivity contribution in [2.75, 3.05) is 0 Å². The Morgan fingerprint density at radius 2 is 1.55 bits per heavy atom. The molecule has 2 rings (SSSR count). The Hall–Kier alpha value is -1.51.